The third-order valence-corrected chi connectivity index (χ3v) is 3.77. The first-order chi connectivity index (χ1) is 11.1. The van der Waals surface area contributed by atoms with Crippen molar-refractivity contribution in [1.29, 1.82) is 0 Å². The fourth-order valence-corrected chi connectivity index (χ4v) is 2.49. The third-order valence-electron chi connectivity index (χ3n) is 3.77. The van der Waals surface area contributed by atoms with E-state index in [-0.39, 0.29) is 18.4 Å². The Labute approximate surface area is 137 Å². The summed E-state index contributed by atoms with van der Waals surface area (Å²) in [5.41, 5.74) is 0.556. The van der Waals surface area contributed by atoms with Crippen molar-refractivity contribution in [3.05, 3.63) is 35.9 Å². The first kappa shape index (κ1) is 17.4. The lowest BCUT2D eigenvalue weighted by atomic mass is 10.1. The van der Waals surface area contributed by atoms with Gasteiger partial charge in [0, 0.05) is 31.7 Å². The number of carbonyl (C=O) groups is 2. The summed E-state index contributed by atoms with van der Waals surface area (Å²) in [6, 6.07) is 8.87. The fourth-order valence-electron chi connectivity index (χ4n) is 2.49. The van der Waals surface area contributed by atoms with Gasteiger partial charge in [0.05, 0.1) is 19.8 Å². The van der Waals surface area contributed by atoms with E-state index in [9.17, 15) is 9.59 Å². The van der Waals surface area contributed by atoms with Crippen LogP contribution in [0, 0.1) is 5.92 Å². The molecule has 2 N–H and O–H groups in total. The SMILES string of the molecule is CC(CNC(=O)CNC(=O)c1ccccc1)CN1CCOCC1. The molecule has 2 amide bonds. The van der Waals surface area contributed by atoms with E-state index in [1.54, 1.807) is 24.3 Å². The van der Waals surface area contributed by atoms with Gasteiger partial charge in [0.25, 0.3) is 5.91 Å². The quantitative estimate of drug-likeness (QED) is 0.768. The highest BCUT2D eigenvalue weighted by atomic mass is 16.5. The maximum absolute atomic E-state index is 11.8. The maximum atomic E-state index is 11.8. The lowest BCUT2D eigenvalue weighted by Crippen LogP contribution is -2.43. The van der Waals surface area contributed by atoms with Gasteiger partial charge in [0.15, 0.2) is 0 Å². The van der Waals surface area contributed by atoms with Crippen LogP contribution in [0.2, 0.25) is 0 Å². The summed E-state index contributed by atoms with van der Waals surface area (Å²) < 4.78 is 5.32. The van der Waals surface area contributed by atoms with Crippen LogP contribution in [0.25, 0.3) is 0 Å². The minimum absolute atomic E-state index is 0.00198. The molecule has 126 valence electrons. The van der Waals surface area contributed by atoms with E-state index in [2.05, 4.69) is 22.5 Å². The lowest BCUT2D eigenvalue weighted by molar-refractivity contribution is -0.120. The van der Waals surface area contributed by atoms with Crippen LogP contribution in [0.15, 0.2) is 30.3 Å². The first-order valence-electron chi connectivity index (χ1n) is 8.05. The highest BCUT2D eigenvalue weighted by Crippen LogP contribution is 2.02. The molecular weight excluding hydrogens is 294 g/mol. The number of ether oxygens (including phenoxy) is 1. The van der Waals surface area contributed by atoms with E-state index in [0.717, 1.165) is 32.8 Å². The van der Waals surface area contributed by atoms with Crippen LogP contribution < -0.4 is 10.6 Å². The first-order valence-corrected chi connectivity index (χ1v) is 8.05. The summed E-state index contributed by atoms with van der Waals surface area (Å²) in [4.78, 5) is 26.0. The van der Waals surface area contributed by atoms with Crippen molar-refractivity contribution in [3.8, 4) is 0 Å². The number of carbonyl (C=O) groups excluding carboxylic acids is 2. The number of benzene rings is 1. The van der Waals surface area contributed by atoms with Gasteiger partial charge in [-0.25, -0.2) is 0 Å². The van der Waals surface area contributed by atoms with E-state index in [1.165, 1.54) is 0 Å². The van der Waals surface area contributed by atoms with Gasteiger partial charge in [-0.15, -0.1) is 0 Å². The topological polar surface area (TPSA) is 70.7 Å². The van der Waals surface area contributed by atoms with Crippen molar-refractivity contribution in [2.75, 3.05) is 45.9 Å². The van der Waals surface area contributed by atoms with Gasteiger partial charge in [-0.1, -0.05) is 25.1 Å². The Morgan fingerprint density at radius 1 is 1.17 bits per heavy atom. The molecule has 1 fully saturated rings. The zero-order valence-electron chi connectivity index (χ0n) is 13.6. The molecule has 1 aromatic rings. The molecular formula is C17H25N3O3. The number of hydrogen-bond donors (Lipinski definition) is 2. The molecule has 0 saturated carbocycles. The second kappa shape index (κ2) is 9.27. The van der Waals surface area contributed by atoms with Crippen molar-refractivity contribution in [3.63, 3.8) is 0 Å². The monoisotopic (exact) mass is 319 g/mol. The summed E-state index contributed by atoms with van der Waals surface area (Å²) in [6.45, 7) is 7.12. The largest absolute Gasteiger partial charge is 0.379 e. The molecule has 1 atom stereocenters. The summed E-state index contributed by atoms with van der Waals surface area (Å²) in [6.07, 6.45) is 0. The van der Waals surface area contributed by atoms with E-state index in [0.29, 0.717) is 18.0 Å². The summed E-state index contributed by atoms with van der Waals surface area (Å²) in [7, 11) is 0. The van der Waals surface area contributed by atoms with Crippen molar-refractivity contribution < 1.29 is 14.3 Å². The van der Waals surface area contributed by atoms with Crippen molar-refractivity contribution >= 4 is 11.8 Å². The Bertz CT molecular complexity index is 501. The molecule has 1 saturated heterocycles. The minimum atomic E-state index is -0.234. The van der Waals surface area contributed by atoms with Gasteiger partial charge in [0.1, 0.15) is 0 Å². The zero-order valence-corrected chi connectivity index (χ0v) is 13.6. The van der Waals surface area contributed by atoms with E-state index < -0.39 is 0 Å². The van der Waals surface area contributed by atoms with Crippen LogP contribution >= 0.6 is 0 Å². The Hall–Kier alpha value is -1.92. The van der Waals surface area contributed by atoms with Gasteiger partial charge in [-0.05, 0) is 18.1 Å². The van der Waals surface area contributed by atoms with Gasteiger partial charge in [-0.3, -0.25) is 14.5 Å². The minimum Gasteiger partial charge on any atom is -0.379 e. The maximum Gasteiger partial charge on any atom is 0.251 e. The van der Waals surface area contributed by atoms with E-state index in [4.69, 9.17) is 4.74 Å². The average molecular weight is 319 g/mol. The number of nitrogens with zero attached hydrogens (tertiary/aromatic N) is 1. The van der Waals surface area contributed by atoms with Gasteiger partial charge in [0.2, 0.25) is 5.91 Å². The number of hydrogen-bond acceptors (Lipinski definition) is 4. The van der Waals surface area contributed by atoms with Crippen molar-refractivity contribution in [1.82, 2.24) is 15.5 Å². The number of rotatable bonds is 7. The van der Waals surface area contributed by atoms with Crippen LogP contribution in [0.1, 0.15) is 17.3 Å². The van der Waals surface area contributed by atoms with Crippen molar-refractivity contribution in [2.45, 2.75) is 6.92 Å². The molecule has 2 rings (SSSR count). The highest BCUT2D eigenvalue weighted by Gasteiger charge is 2.14. The Morgan fingerprint density at radius 2 is 1.87 bits per heavy atom. The fraction of sp³-hybridized carbons (Fsp3) is 0.529. The van der Waals surface area contributed by atoms with Crippen molar-refractivity contribution in [2.24, 2.45) is 5.92 Å². The summed E-state index contributed by atoms with van der Waals surface area (Å²) in [5.74, 6) is -0.0351. The van der Waals surface area contributed by atoms with Gasteiger partial charge >= 0.3 is 0 Å². The van der Waals surface area contributed by atoms with E-state index in [1.807, 2.05) is 6.07 Å². The summed E-state index contributed by atoms with van der Waals surface area (Å²) >= 11 is 0. The molecule has 0 radical (unpaired) electrons. The molecule has 0 spiro atoms. The molecule has 6 nitrogen and oxygen atoms in total. The van der Waals surface area contributed by atoms with Crippen LogP contribution in [0.4, 0.5) is 0 Å². The Kier molecular flexibility index (Phi) is 7.03. The smallest absolute Gasteiger partial charge is 0.251 e. The molecule has 1 unspecified atom stereocenters. The molecule has 0 aliphatic carbocycles. The standard InChI is InChI=1S/C17H25N3O3/c1-14(13-20-7-9-23-10-8-20)11-18-16(21)12-19-17(22)15-5-3-2-4-6-15/h2-6,14H,7-13H2,1H3,(H,18,21)(H,19,22). The third kappa shape index (κ3) is 6.38. The summed E-state index contributed by atoms with van der Waals surface area (Å²) in [5, 5.41) is 5.49. The van der Waals surface area contributed by atoms with Crippen LogP contribution in [0.5, 0.6) is 0 Å². The Morgan fingerprint density at radius 3 is 2.57 bits per heavy atom. The predicted molar refractivity (Wildman–Crippen MR) is 88.2 cm³/mol. The van der Waals surface area contributed by atoms with Crippen LogP contribution in [0.3, 0.4) is 0 Å². The highest BCUT2D eigenvalue weighted by molar-refractivity contribution is 5.96. The molecule has 1 aliphatic heterocycles. The zero-order chi connectivity index (χ0) is 16.5. The van der Waals surface area contributed by atoms with Crippen LogP contribution in [-0.2, 0) is 9.53 Å². The molecule has 0 bridgehead atoms. The molecule has 1 heterocycles. The normalized spacial score (nSPS) is 16.6. The lowest BCUT2D eigenvalue weighted by Gasteiger charge is -2.29. The number of morpholine rings is 1. The second-order valence-electron chi connectivity index (χ2n) is 5.87. The molecule has 1 aromatic carbocycles. The molecule has 1 aliphatic rings. The number of amides is 2. The molecule has 23 heavy (non-hydrogen) atoms. The second-order valence-corrected chi connectivity index (χ2v) is 5.87. The van der Waals surface area contributed by atoms with Crippen LogP contribution in [-0.4, -0.2) is 62.7 Å². The predicted octanol–water partition coefficient (Wildman–Crippen LogP) is 0.501. The molecule has 0 aromatic heterocycles. The van der Waals surface area contributed by atoms with E-state index >= 15 is 0 Å². The average Bonchev–Trinajstić information content (AvgIpc) is 2.59. The Balaban J connectivity index is 1.61. The van der Waals surface area contributed by atoms with Gasteiger partial charge in [-0.2, -0.15) is 0 Å². The van der Waals surface area contributed by atoms with Gasteiger partial charge < -0.3 is 15.4 Å². The number of nitrogens with one attached hydrogen (secondary N) is 2. The molecule has 6 heteroatoms.